The first kappa shape index (κ1) is 25.6. The highest BCUT2D eigenvalue weighted by Crippen LogP contribution is 2.42. The van der Waals surface area contributed by atoms with Crippen LogP contribution in [0.5, 0.6) is 0 Å². The van der Waals surface area contributed by atoms with E-state index in [-0.39, 0.29) is 23.1 Å². The number of nitrogens with one attached hydrogen (secondary N) is 2. The van der Waals surface area contributed by atoms with Crippen LogP contribution in [0.1, 0.15) is 41.1 Å². The predicted octanol–water partition coefficient (Wildman–Crippen LogP) is 6.30. The predicted molar refractivity (Wildman–Crippen MR) is 149 cm³/mol. The molecule has 192 valence electrons. The molecule has 1 aliphatic rings. The van der Waals surface area contributed by atoms with E-state index in [4.69, 9.17) is 4.74 Å². The van der Waals surface area contributed by atoms with Gasteiger partial charge in [0.1, 0.15) is 5.00 Å². The molecule has 0 saturated heterocycles. The number of hydrogen-bond acceptors (Lipinski definition) is 8. The van der Waals surface area contributed by atoms with Gasteiger partial charge in [0.05, 0.1) is 28.1 Å². The summed E-state index contributed by atoms with van der Waals surface area (Å²) in [4.78, 5) is 23.5. The van der Waals surface area contributed by atoms with Crippen molar-refractivity contribution in [3.63, 3.8) is 0 Å². The van der Waals surface area contributed by atoms with E-state index in [9.17, 15) is 13.2 Å². The van der Waals surface area contributed by atoms with E-state index < -0.39 is 16.0 Å². The van der Waals surface area contributed by atoms with E-state index in [1.54, 1.807) is 31.2 Å². The number of thiophene rings is 1. The molecule has 2 aromatic carbocycles. The standard InChI is InChI=1S/C26H25BrN4O4S2/c1-3-35-26(32)22-18-13-8-15(2)14-21(18)36-25(22)30-23-24(29-20-7-5-4-6-19(20)28-23)31-37(33,34)17-11-9-16(27)10-12-17/h4-7,9-12,15H,3,8,13-14H2,1-2H3,(H,28,30)(H,29,31)/t15-/m1/s1. The number of carbonyl (C=O) groups is 1. The number of ether oxygens (including phenoxy) is 1. The average Bonchev–Trinajstić information content (AvgIpc) is 3.21. The van der Waals surface area contributed by atoms with Crippen LogP contribution in [0.25, 0.3) is 11.0 Å². The number of fused-ring (bicyclic) bond motifs is 2. The first-order valence-electron chi connectivity index (χ1n) is 11.9. The summed E-state index contributed by atoms with van der Waals surface area (Å²) in [7, 11) is -3.96. The highest BCUT2D eigenvalue weighted by molar-refractivity contribution is 9.10. The second-order valence-corrected chi connectivity index (χ2v) is 12.6. The fourth-order valence-corrected chi connectivity index (χ4v) is 7.00. The molecule has 0 unspecified atom stereocenters. The fraction of sp³-hybridized carbons (Fsp3) is 0.269. The molecule has 11 heteroatoms. The van der Waals surface area contributed by atoms with Gasteiger partial charge in [-0.3, -0.25) is 4.72 Å². The number of esters is 1. The molecular weight excluding hydrogens is 576 g/mol. The van der Waals surface area contributed by atoms with Gasteiger partial charge in [0.2, 0.25) is 0 Å². The van der Waals surface area contributed by atoms with E-state index in [1.807, 2.05) is 12.1 Å². The third-order valence-corrected chi connectivity index (χ3v) is 9.20. The summed E-state index contributed by atoms with van der Waals surface area (Å²) in [6.45, 7) is 4.23. The van der Waals surface area contributed by atoms with Crippen molar-refractivity contribution < 1.29 is 17.9 Å². The zero-order chi connectivity index (χ0) is 26.2. The Balaban J connectivity index is 1.60. The number of anilines is 3. The van der Waals surface area contributed by atoms with E-state index in [2.05, 4.69) is 42.9 Å². The van der Waals surface area contributed by atoms with Crippen molar-refractivity contribution in [1.29, 1.82) is 0 Å². The molecule has 0 saturated carbocycles. The number of aromatic nitrogens is 2. The Bertz CT molecular complexity index is 1590. The lowest BCUT2D eigenvalue weighted by molar-refractivity contribution is 0.0526. The molecule has 5 rings (SSSR count). The summed E-state index contributed by atoms with van der Waals surface area (Å²) in [6.07, 6.45) is 2.65. The first-order valence-corrected chi connectivity index (χ1v) is 15.0. The number of nitrogens with zero attached hydrogens (tertiary/aromatic N) is 2. The second-order valence-electron chi connectivity index (χ2n) is 8.87. The van der Waals surface area contributed by atoms with Crippen LogP contribution in [0.4, 0.5) is 16.6 Å². The third kappa shape index (κ3) is 5.34. The van der Waals surface area contributed by atoms with Crippen molar-refractivity contribution in [3.05, 3.63) is 69.0 Å². The van der Waals surface area contributed by atoms with Crippen LogP contribution < -0.4 is 10.0 Å². The largest absolute Gasteiger partial charge is 0.462 e. The van der Waals surface area contributed by atoms with E-state index in [1.165, 1.54) is 23.5 Å². The molecule has 8 nitrogen and oxygen atoms in total. The number of para-hydroxylation sites is 2. The zero-order valence-electron chi connectivity index (χ0n) is 20.2. The molecule has 0 aliphatic heterocycles. The van der Waals surface area contributed by atoms with Crippen molar-refractivity contribution in [1.82, 2.24) is 9.97 Å². The van der Waals surface area contributed by atoms with Gasteiger partial charge in [-0.25, -0.2) is 23.2 Å². The molecule has 1 atom stereocenters. The number of benzene rings is 2. The molecule has 0 fully saturated rings. The Morgan fingerprint density at radius 3 is 2.46 bits per heavy atom. The lowest BCUT2D eigenvalue weighted by Gasteiger charge is -2.18. The number of hydrogen-bond donors (Lipinski definition) is 2. The molecule has 0 bridgehead atoms. The quantitative estimate of drug-likeness (QED) is 0.239. The van der Waals surface area contributed by atoms with Gasteiger partial charge in [-0.1, -0.05) is 35.0 Å². The molecule has 37 heavy (non-hydrogen) atoms. The van der Waals surface area contributed by atoms with Gasteiger partial charge in [0.15, 0.2) is 11.6 Å². The highest BCUT2D eigenvalue weighted by atomic mass is 79.9. The molecule has 2 N–H and O–H groups in total. The van der Waals surface area contributed by atoms with E-state index in [0.29, 0.717) is 27.5 Å². The molecule has 2 heterocycles. The number of rotatable bonds is 7. The summed E-state index contributed by atoms with van der Waals surface area (Å²) >= 11 is 4.81. The number of sulfonamides is 1. The summed E-state index contributed by atoms with van der Waals surface area (Å²) in [6, 6.07) is 13.5. The maximum atomic E-state index is 13.2. The van der Waals surface area contributed by atoms with Crippen molar-refractivity contribution >= 4 is 70.9 Å². The third-order valence-electron chi connectivity index (χ3n) is 6.15. The summed E-state index contributed by atoms with van der Waals surface area (Å²) in [5.41, 5.74) is 2.61. The molecular formula is C26H25BrN4O4S2. The molecule has 1 aliphatic carbocycles. The lowest BCUT2D eigenvalue weighted by Crippen LogP contribution is -2.16. The van der Waals surface area contributed by atoms with Crippen LogP contribution in [-0.2, 0) is 27.6 Å². The Morgan fingerprint density at radius 1 is 1.11 bits per heavy atom. The van der Waals surface area contributed by atoms with Gasteiger partial charge in [-0.15, -0.1) is 11.3 Å². The summed E-state index contributed by atoms with van der Waals surface area (Å²) < 4.78 is 35.2. The fourth-order valence-electron chi connectivity index (χ4n) is 4.32. The molecule has 0 radical (unpaired) electrons. The Labute approximate surface area is 227 Å². The molecule has 0 amide bonds. The normalized spacial score (nSPS) is 15.3. The van der Waals surface area contributed by atoms with Crippen LogP contribution in [0.2, 0.25) is 0 Å². The smallest absolute Gasteiger partial charge is 0.341 e. The van der Waals surface area contributed by atoms with Gasteiger partial charge in [-0.05, 0) is 74.1 Å². The van der Waals surface area contributed by atoms with Gasteiger partial charge in [-0.2, -0.15) is 0 Å². The monoisotopic (exact) mass is 600 g/mol. The van der Waals surface area contributed by atoms with Crippen LogP contribution in [0.3, 0.4) is 0 Å². The second kappa shape index (κ2) is 10.4. The van der Waals surface area contributed by atoms with Gasteiger partial charge >= 0.3 is 5.97 Å². The van der Waals surface area contributed by atoms with Crippen LogP contribution >= 0.6 is 27.3 Å². The SMILES string of the molecule is CCOC(=O)c1c(Nc2nc3ccccc3nc2NS(=O)(=O)c2ccc(Br)cc2)sc2c1CC[C@@H](C)C2. The first-order chi connectivity index (χ1) is 17.7. The maximum Gasteiger partial charge on any atom is 0.341 e. The van der Waals surface area contributed by atoms with Crippen LogP contribution in [0.15, 0.2) is 57.9 Å². The number of halogens is 1. The topological polar surface area (TPSA) is 110 Å². The lowest BCUT2D eigenvalue weighted by atomic mass is 9.88. The van der Waals surface area contributed by atoms with Crippen LogP contribution in [0, 0.1) is 5.92 Å². The van der Waals surface area contributed by atoms with E-state index >= 15 is 0 Å². The van der Waals surface area contributed by atoms with Crippen molar-refractivity contribution in [2.45, 2.75) is 38.0 Å². The molecule has 2 aromatic heterocycles. The summed E-state index contributed by atoms with van der Waals surface area (Å²) in [5, 5.41) is 3.81. The Hall–Kier alpha value is -3.02. The van der Waals surface area contributed by atoms with Gasteiger partial charge in [0, 0.05) is 9.35 Å². The minimum atomic E-state index is -3.96. The van der Waals surface area contributed by atoms with E-state index in [0.717, 1.165) is 34.2 Å². The van der Waals surface area contributed by atoms with Gasteiger partial charge < -0.3 is 10.1 Å². The minimum absolute atomic E-state index is 0.0381. The van der Waals surface area contributed by atoms with Crippen molar-refractivity contribution in [2.24, 2.45) is 5.92 Å². The Morgan fingerprint density at radius 2 is 1.78 bits per heavy atom. The van der Waals surface area contributed by atoms with Crippen LogP contribution in [-0.4, -0.2) is 31.0 Å². The van der Waals surface area contributed by atoms with Crippen molar-refractivity contribution in [2.75, 3.05) is 16.6 Å². The molecule has 0 spiro atoms. The highest BCUT2D eigenvalue weighted by Gasteiger charge is 2.29. The average molecular weight is 602 g/mol. The van der Waals surface area contributed by atoms with Crippen molar-refractivity contribution in [3.8, 4) is 0 Å². The Kier molecular flexibility index (Phi) is 7.19. The maximum absolute atomic E-state index is 13.2. The minimum Gasteiger partial charge on any atom is -0.462 e. The molecule has 4 aromatic rings. The van der Waals surface area contributed by atoms with Gasteiger partial charge in [0.25, 0.3) is 10.0 Å². The summed E-state index contributed by atoms with van der Waals surface area (Å²) in [5.74, 6) is 0.360. The zero-order valence-corrected chi connectivity index (χ0v) is 23.5. The number of carbonyl (C=O) groups excluding carboxylic acids is 1.